The molecule has 41 heteroatoms. The van der Waals surface area contributed by atoms with Crippen molar-refractivity contribution in [1.29, 1.82) is 0 Å². The average molecular weight is 1210 g/mol. The van der Waals surface area contributed by atoms with Gasteiger partial charge in [-0.1, -0.05) is 5.04 Å². The number of nitrogens with zero attached hydrogens (tertiary/aromatic N) is 7. The number of phenols is 3. The van der Waals surface area contributed by atoms with Crippen molar-refractivity contribution in [3.05, 3.63) is 82.9 Å². The molecule has 7 aromatic rings. The highest BCUT2D eigenvalue weighted by molar-refractivity contribution is 7.94. The number of hydrogen-bond donors (Lipinski definition) is 11. The molecular formula is C36H24N8O26S7. The van der Waals surface area contributed by atoms with Gasteiger partial charge in [-0.2, -0.15) is 50.5 Å². The largest absolute Gasteiger partial charge is 0.507 e. The van der Waals surface area contributed by atoms with E-state index in [0.717, 1.165) is 30.3 Å². The van der Waals surface area contributed by atoms with E-state index in [9.17, 15) is 103 Å². The highest BCUT2D eigenvalue weighted by atomic mass is 32.2. The van der Waals surface area contributed by atoms with Crippen LogP contribution in [0.3, 0.4) is 0 Å². The van der Waals surface area contributed by atoms with E-state index in [0.29, 0.717) is 36.4 Å². The Balaban J connectivity index is 1.44. The molecule has 0 radical (unpaired) electrons. The van der Waals surface area contributed by atoms with Crippen LogP contribution in [0.1, 0.15) is 0 Å². The van der Waals surface area contributed by atoms with Gasteiger partial charge in [0, 0.05) is 45.1 Å². The first-order chi connectivity index (χ1) is 35.4. The number of aromatic hydroxyl groups is 3. The minimum atomic E-state index is -5.75. The second kappa shape index (κ2) is 20.1. The number of hydrogen-bond acceptors (Lipinski definition) is 28. The van der Waals surface area contributed by atoms with Gasteiger partial charge in [-0.3, -0.25) is 37.4 Å². The second-order valence-corrected chi connectivity index (χ2v) is 24.0. The number of azo groups is 3. The number of rotatable bonds is 16. The molecule has 0 heterocycles. The molecule has 0 aromatic heterocycles. The van der Waals surface area contributed by atoms with Crippen molar-refractivity contribution in [2.45, 2.75) is 34.3 Å². The molecule has 0 saturated heterocycles. The third-order valence-corrected chi connectivity index (χ3v) is 16.2. The lowest BCUT2D eigenvalue weighted by Crippen LogP contribution is -2.03. The maximum Gasteiger partial charge on any atom is 0.297 e. The summed E-state index contributed by atoms with van der Waals surface area (Å²) in [6, 6.07) is 7.25. The van der Waals surface area contributed by atoms with Crippen molar-refractivity contribution in [3.63, 3.8) is 0 Å². The molecule has 0 amide bonds. The summed E-state index contributed by atoms with van der Waals surface area (Å²) in [5, 5.41) is 73.9. The van der Waals surface area contributed by atoms with Crippen LogP contribution in [0.15, 0.2) is 138 Å². The van der Waals surface area contributed by atoms with Crippen LogP contribution in [0.2, 0.25) is 0 Å². The van der Waals surface area contributed by atoms with Gasteiger partial charge >= 0.3 is 0 Å². The molecule has 0 fully saturated rings. The average Bonchev–Trinajstić information content (AvgIpc) is 3.29. The van der Waals surface area contributed by atoms with Crippen LogP contribution in [0.25, 0.3) is 32.3 Å². The molecule has 7 aromatic carbocycles. The maximum atomic E-state index is 13.1. The molecule has 12 N–H and O–H groups in total. The van der Waals surface area contributed by atoms with Crippen LogP contribution in [0, 0.1) is 10.1 Å². The number of phenolic OH excluding ortho intramolecular Hbond substituents is 3. The third kappa shape index (κ3) is 11.4. The number of nitro groups is 1. The normalized spacial score (nSPS) is 13.3. The summed E-state index contributed by atoms with van der Waals surface area (Å²) in [7, 11) is -33.0. The highest BCUT2D eigenvalue weighted by Gasteiger charge is 2.31. The summed E-state index contributed by atoms with van der Waals surface area (Å²) in [5.74, 6) is -3.61. The van der Waals surface area contributed by atoms with Gasteiger partial charge in [-0.15, -0.1) is 35.0 Å². The van der Waals surface area contributed by atoms with Crippen LogP contribution in [0.5, 0.6) is 17.2 Å². The van der Waals surface area contributed by atoms with E-state index < -0.39 is 195 Å². The molecule has 0 aliphatic rings. The quantitative estimate of drug-likeness (QED) is 0.00890. The molecule has 77 heavy (non-hydrogen) atoms. The van der Waals surface area contributed by atoms with E-state index in [-0.39, 0.29) is 18.1 Å². The van der Waals surface area contributed by atoms with E-state index in [1.165, 1.54) is 0 Å². The van der Waals surface area contributed by atoms with Crippen molar-refractivity contribution in [3.8, 4) is 17.2 Å². The standard InChI is InChI=1S/C36H24N8O26S7/c37-30-23(12-26(73(54,55)56)19-10-25(71-70-69-50)31(34(47)29(19)30)42-38-20-4-1-13(44(48)49)7-27(20)74(57,58)59)41-39-21-6-3-16-18(36(21)77(66,67)68)11-28(75(60,61)62)32(33(16)46)43-40-22-5-2-15-17(35(22)76(63,64)65)8-14(9-24(15)45)72(51,52)53/h1-12,45-47,50H,37H2,(H,51,52,53)(H,54,55,56)(H,57,58,59)(H,60,61,62)(H,63,64,65)(H,66,67,68). The number of nitrogen functional groups attached to an aromatic ring is 1. The summed E-state index contributed by atoms with van der Waals surface area (Å²) in [4.78, 5) is 1.84. The second-order valence-electron chi connectivity index (χ2n) is 14.9. The number of nitrogens with two attached hydrogens (primary N) is 1. The Bertz CT molecular complexity index is 4580. The van der Waals surface area contributed by atoms with Gasteiger partial charge in [0.05, 0.1) is 37.8 Å². The van der Waals surface area contributed by atoms with E-state index in [4.69, 9.17) is 11.0 Å². The van der Waals surface area contributed by atoms with Crippen LogP contribution in [-0.4, -0.2) is 103 Å². The fourth-order valence-electron chi connectivity index (χ4n) is 7.11. The molecule has 0 atom stereocenters. The Hall–Kier alpha value is -7.59. The Labute approximate surface area is 431 Å². The molecule has 34 nitrogen and oxygen atoms in total. The van der Waals surface area contributed by atoms with Gasteiger partial charge in [-0.05, 0) is 54.6 Å². The molecule has 0 aliphatic carbocycles. The Morgan fingerprint density at radius 3 is 1.53 bits per heavy atom. The van der Waals surface area contributed by atoms with E-state index in [2.05, 4.69) is 40.1 Å². The van der Waals surface area contributed by atoms with Crippen LogP contribution in [-0.2, 0) is 70.1 Å². The molecule has 406 valence electrons. The summed E-state index contributed by atoms with van der Waals surface area (Å²) in [5.41, 5.74) is -1.36. The maximum absolute atomic E-state index is 13.1. The van der Waals surface area contributed by atoms with Gasteiger partial charge in [0.1, 0.15) is 64.4 Å². The zero-order chi connectivity index (χ0) is 57.3. The predicted octanol–water partition coefficient (Wildman–Crippen LogP) is 6.91. The van der Waals surface area contributed by atoms with E-state index in [1.54, 1.807) is 0 Å². The first kappa shape index (κ1) is 57.1. The molecule has 0 aliphatic heterocycles. The minimum absolute atomic E-state index is 0.0496. The third-order valence-electron chi connectivity index (χ3n) is 10.2. The Morgan fingerprint density at radius 2 is 1.00 bits per heavy atom. The minimum Gasteiger partial charge on any atom is -0.507 e. The highest BCUT2D eigenvalue weighted by Crippen LogP contribution is 2.51. The van der Waals surface area contributed by atoms with Crippen molar-refractivity contribution < 1.29 is 113 Å². The van der Waals surface area contributed by atoms with Crippen LogP contribution < -0.4 is 5.73 Å². The summed E-state index contributed by atoms with van der Waals surface area (Å²) in [6.07, 6.45) is 0. The van der Waals surface area contributed by atoms with E-state index >= 15 is 0 Å². The van der Waals surface area contributed by atoms with Crippen LogP contribution >= 0.6 is 12.0 Å². The summed E-state index contributed by atoms with van der Waals surface area (Å²) in [6.45, 7) is 0. The topological polar surface area (TPSA) is 569 Å². The smallest absolute Gasteiger partial charge is 0.297 e. The number of fused-ring (bicyclic) bond motifs is 3. The van der Waals surface area contributed by atoms with Crippen LogP contribution in [0.4, 0.5) is 45.5 Å². The SMILES string of the molecule is Nc1c(N=Nc2ccc3c(O)c(N=Nc4ccc5c(O)cc(S(=O)(=O)O)cc5c4S(=O)(=O)O)c(S(=O)(=O)O)cc3c2S(=O)(=O)O)cc(S(=O)(=O)O)c2cc(SOOO)c(N=Nc3ccc([N+](=O)[O-])cc3S(=O)(=O)O)c(O)c12. The number of non-ortho nitro benzene ring substituents is 1. The zero-order valence-corrected chi connectivity index (χ0v) is 42.2. The first-order valence-corrected chi connectivity index (χ1v) is 28.6. The van der Waals surface area contributed by atoms with E-state index in [1.807, 2.05) is 0 Å². The lowest BCUT2D eigenvalue weighted by molar-refractivity contribution is -0.432. The number of nitro benzene ring substituents is 1. The predicted molar refractivity (Wildman–Crippen MR) is 256 cm³/mol. The van der Waals surface area contributed by atoms with Crippen molar-refractivity contribution >= 4 is 151 Å². The monoisotopic (exact) mass is 1210 g/mol. The lowest BCUT2D eigenvalue weighted by atomic mass is 10.0. The van der Waals surface area contributed by atoms with Crippen molar-refractivity contribution in [2.75, 3.05) is 5.73 Å². The molecule has 7 rings (SSSR count). The molecular weight excluding hydrogens is 1180 g/mol. The first-order valence-electron chi connectivity index (χ1n) is 19.2. The van der Waals surface area contributed by atoms with Gasteiger partial charge in [0.2, 0.25) is 0 Å². The molecule has 0 spiro atoms. The van der Waals surface area contributed by atoms with Gasteiger partial charge in [0.25, 0.3) is 66.4 Å². The van der Waals surface area contributed by atoms with Gasteiger partial charge in [-0.25, -0.2) is 5.26 Å². The van der Waals surface area contributed by atoms with Gasteiger partial charge in [0.15, 0.2) is 11.5 Å². The fraction of sp³-hybridized carbons (Fsp3) is 0. The summed E-state index contributed by atoms with van der Waals surface area (Å²) < 4.78 is 215. The van der Waals surface area contributed by atoms with Gasteiger partial charge < -0.3 is 21.1 Å². The zero-order valence-electron chi connectivity index (χ0n) is 36.5. The van der Waals surface area contributed by atoms with Crippen molar-refractivity contribution in [2.24, 2.45) is 30.7 Å². The summed E-state index contributed by atoms with van der Waals surface area (Å²) >= 11 is -0.0496. The lowest BCUT2D eigenvalue weighted by Gasteiger charge is -2.15. The number of benzene rings is 7. The van der Waals surface area contributed by atoms with Crippen molar-refractivity contribution in [1.82, 2.24) is 0 Å². The molecule has 0 unspecified atom stereocenters. The number of anilines is 1. The Morgan fingerprint density at radius 1 is 0.494 bits per heavy atom. The molecule has 0 bridgehead atoms. The molecule has 0 saturated carbocycles. The Kier molecular flexibility index (Phi) is 14.9. The fourth-order valence-corrected chi connectivity index (χ4v) is 11.8.